The molecule has 4 aliphatic rings. The van der Waals surface area contributed by atoms with E-state index in [1.165, 1.54) is 17.7 Å². The molecular weight excluding hydrogens is 554 g/mol. The van der Waals surface area contributed by atoms with Crippen molar-refractivity contribution in [1.82, 2.24) is 0 Å². The van der Waals surface area contributed by atoms with E-state index in [0.29, 0.717) is 30.6 Å². The maximum atomic E-state index is 13.7. The fourth-order valence-corrected chi connectivity index (χ4v) is 10.6. The second-order valence-electron chi connectivity index (χ2n) is 13.2. The van der Waals surface area contributed by atoms with Crippen LogP contribution in [0.4, 0.5) is 0 Å². The Labute approximate surface area is 245 Å². The van der Waals surface area contributed by atoms with E-state index in [0.717, 1.165) is 32.1 Å². The van der Waals surface area contributed by atoms with Crippen LogP contribution in [-0.2, 0) is 14.8 Å². The number of carbonyl (C=O) groups excluding carboxylic acids is 2. The lowest BCUT2D eigenvalue weighted by Gasteiger charge is -2.61. The largest absolute Gasteiger partial charge is 0.285 e. The van der Waals surface area contributed by atoms with Crippen LogP contribution in [0.2, 0.25) is 0 Å². The van der Waals surface area contributed by atoms with Crippen LogP contribution in [0, 0.1) is 34.5 Å². The Morgan fingerprint density at radius 2 is 1.71 bits per heavy atom. The highest BCUT2D eigenvalue weighted by molar-refractivity contribution is 7.89. The standard InChI is InChI=1S/C30H37N7O4S/c1-16(2)17-9-11-21-18(15-17)10-12-22-29(21,3)13-6-14-30(22,4)28(42(33,40)41)20-8-5-7-19-23(20)24(34-36-31)25(35-37-32)27(39)26(19)38/h5,7-8,10,16-17,21-22,28H,6,9,11-15H2,1-4H3,(H2,33,40,41)/t17?,21-,22?,28?,29-,30+/m1/s1. The van der Waals surface area contributed by atoms with Gasteiger partial charge < -0.3 is 0 Å². The van der Waals surface area contributed by atoms with Crippen LogP contribution < -0.4 is 5.14 Å². The number of nitrogens with two attached hydrogens (primary N) is 1. The van der Waals surface area contributed by atoms with Gasteiger partial charge in [0.1, 0.15) is 5.25 Å². The minimum absolute atomic E-state index is 0.0145. The second-order valence-corrected chi connectivity index (χ2v) is 14.9. The Balaban J connectivity index is 1.73. The number of Topliss-reactive ketones (excluding diaryl/α,β-unsaturated/α-hetero) is 2. The van der Waals surface area contributed by atoms with Crippen LogP contribution in [0.1, 0.15) is 99.4 Å². The molecule has 2 fully saturated rings. The number of azide groups is 2. The van der Waals surface area contributed by atoms with Gasteiger partial charge in [-0.15, -0.1) is 0 Å². The van der Waals surface area contributed by atoms with Gasteiger partial charge in [0.05, 0.1) is 11.4 Å². The summed E-state index contributed by atoms with van der Waals surface area (Å²) in [5.74, 6) is -0.520. The number of primary sulfonamides is 1. The molecule has 4 aliphatic carbocycles. The highest BCUT2D eigenvalue weighted by Crippen LogP contribution is 2.66. The SMILES string of the molecule is CC(C)C1CC[C@@H]2C(=CCC3[C@@](C)(C(c4cccc5c4C(N=[N+]=[N-])=C(N=[N+]=[N-])C(=O)C5=O)S(N)(=O)=O)CCC[C@@]32C)C1. The number of benzene rings is 1. The van der Waals surface area contributed by atoms with Gasteiger partial charge in [-0.05, 0) is 89.7 Å². The number of allylic oxidation sites excluding steroid dienone is 3. The summed E-state index contributed by atoms with van der Waals surface area (Å²) in [7, 11) is -4.31. The van der Waals surface area contributed by atoms with E-state index < -0.39 is 38.0 Å². The van der Waals surface area contributed by atoms with E-state index in [9.17, 15) is 23.5 Å². The van der Waals surface area contributed by atoms with Crippen LogP contribution in [0.3, 0.4) is 0 Å². The molecule has 0 spiro atoms. The Morgan fingerprint density at radius 3 is 2.36 bits per heavy atom. The summed E-state index contributed by atoms with van der Waals surface area (Å²) in [4.78, 5) is 31.5. The first-order valence-corrected chi connectivity index (χ1v) is 16.2. The van der Waals surface area contributed by atoms with Gasteiger partial charge in [-0.2, -0.15) is 0 Å². The Hall–Kier alpha value is -3.43. The first-order valence-electron chi connectivity index (χ1n) is 14.6. The van der Waals surface area contributed by atoms with Crippen LogP contribution in [0.15, 0.2) is 45.8 Å². The molecule has 2 N–H and O–H groups in total. The molecule has 1 aromatic carbocycles. The zero-order chi connectivity index (χ0) is 30.6. The van der Waals surface area contributed by atoms with Crippen molar-refractivity contribution < 1.29 is 18.0 Å². The maximum Gasteiger partial charge on any atom is 0.236 e. The van der Waals surface area contributed by atoms with Crippen molar-refractivity contribution in [1.29, 1.82) is 0 Å². The Morgan fingerprint density at radius 1 is 1.02 bits per heavy atom. The lowest BCUT2D eigenvalue weighted by molar-refractivity contribution is -0.111. The number of hydrogen-bond acceptors (Lipinski definition) is 6. The number of rotatable bonds is 6. The van der Waals surface area contributed by atoms with Gasteiger partial charge >= 0.3 is 0 Å². The highest BCUT2D eigenvalue weighted by Gasteiger charge is 2.60. The first kappa shape index (κ1) is 30.0. The normalized spacial score (nSPS) is 31.7. The summed E-state index contributed by atoms with van der Waals surface area (Å²) in [6.07, 6.45) is 8.70. The van der Waals surface area contributed by atoms with E-state index in [2.05, 4.69) is 46.9 Å². The van der Waals surface area contributed by atoms with E-state index in [4.69, 9.17) is 10.7 Å². The van der Waals surface area contributed by atoms with Gasteiger partial charge in [-0.25, -0.2) is 13.6 Å². The second kappa shape index (κ2) is 10.7. The summed E-state index contributed by atoms with van der Waals surface area (Å²) in [6, 6.07) is 4.46. The minimum Gasteiger partial charge on any atom is -0.285 e. The average molecular weight is 592 g/mol. The third-order valence-electron chi connectivity index (χ3n) is 10.9. The molecule has 3 unspecified atom stereocenters. The Bertz CT molecular complexity index is 1630. The zero-order valence-electron chi connectivity index (χ0n) is 24.4. The first-order chi connectivity index (χ1) is 19.8. The van der Waals surface area contributed by atoms with E-state index >= 15 is 0 Å². The van der Waals surface area contributed by atoms with Crippen molar-refractivity contribution in [2.24, 2.45) is 49.9 Å². The van der Waals surface area contributed by atoms with Crippen molar-refractivity contribution in [3.8, 4) is 0 Å². The molecular formula is C30H37N7O4S. The van der Waals surface area contributed by atoms with Gasteiger partial charge in [0.25, 0.3) is 0 Å². The third kappa shape index (κ3) is 4.57. The molecule has 1 aromatic rings. The molecule has 0 radical (unpaired) electrons. The molecule has 11 nitrogen and oxygen atoms in total. The number of hydrogen-bond donors (Lipinski definition) is 1. The quantitative estimate of drug-likeness (QED) is 0.119. The van der Waals surface area contributed by atoms with Crippen LogP contribution in [0.5, 0.6) is 0 Å². The number of fused-ring (bicyclic) bond motifs is 4. The number of sulfonamides is 1. The van der Waals surface area contributed by atoms with Gasteiger partial charge in [0, 0.05) is 21.0 Å². The molecule has 0 aliphatic heterocycles. The molecule has 42 heavy (non-hydrogen) atoms. The average Bonchev–Trinajstić information content (AvgIpc) is 2.92. The van der Waals surface area contributed by atoms with Crippen LogP contribution >= 0.6 is 0 Å². The molecule has 5 rings (SSSR count). The van der Waals surface area contributed by atoms with E-state index in [-0.39, 0.29) is 33.7 Å². The van der Waals surface area contributed by atoms with Crippen molar-refractivity contribution in [2.75, 3.05) is 0 Å². The molecule has 0 heterocycles. The minimum atomic E-state index is -4.31. The molecule has 0 bridgehead atoms. The fraction of sp³-hybridized carbons (Fsp3) is 0.600. The lowest BCUT2D eigenvalue weighted by atomic mass is 9.45. The van der Waals surface area contributed by atoms with Gasteiger partial charge in [0.2, 0.25) is 21.6 Å². The highest BCUT2D eigenvalue weighted by atomic mass is 32.2. The molecule has 6 atom stereocenters. The monoisotopic (exact) mass is 591 g/mol. The van der Waals surface area contributed by atoms with Gasteiger partial charge in [-0.1, -0.05) is 74.2 Å². The summed E-state index contributed by atoms with van der Waals surface area (Å²) < 4.78 is 27.5. The number of carbonyl (C=O) groups is 2. The van der Waals surface area contributed by atoms with Crippen LogP contribution in [-0.4, -0.2) is 20.0 Å². The van der Waals surface area contributed by atoms with Crippen molar-refractivity contribution in [2.45, 2.75) is 77.9 Å². The summed E-state index contributed by atoms with van der Waals surface area (Å²) in [5, 5.41) is 11.8. The van der Waals surface area contributed by atoms with Crippen LogP contribution in [0.25, 0.3) is 26.6 Å². The van der Waals surface area contributed by atoms with Crippen molar-refractivity contribution in [3.05, 3.63) is 73.1 Å². The van der Waals surface area contributed by atoms with Gasteiger partial charge in [0.15, 0.2) is 0 Å². The zero-order valence-corrected chi connectivity index (χ0v) is 25.3. The molecule has 0 saturated heterocycles. The summed E-state index contributed by atoms with van der Waals surface area (Å²) in [5.41, 5.74) is 18.0. The molecule has 12 heteroatoms. The summed E-state index contributed by atoms with van der Waals surface area (Å²) >= 11 is 0. The number of ketones is 2. The molecule has 0 amide bonds. The maximum absolute atomic E-state index is 13.7. The topological polar surface area (TPSA) is 192 Å². The Kier molecular flexibility index (Phi) is 7.64. The smallest absolute Gasteiger partial charge is 0.236 e. The van der Waals surface area contributed by atoms with E-state index in [1.807, 2.05) is 6.92 Å². The van der Waals surface area contributed by atoms with Crippen molar-refractivity contribution >= 4 is 27.3 Å². The number of nitrogens with zero attached hydrogens (tertiary/aromatic N) is 6. The predicted molar refractivity (Wildman–Crippen MR) is 159 cm³/mol. The lowest BCUT2D eigenvalue weighted by Crippen LogP contribution is -2.54. The molecule has 2 saturated carbocycles. The summed E-state index contributed by atoms with van der Waals surface area (Å²) in [6.45, 7) is 8.83. The molecule has 222 valence electrons. The van der Waals surface area contributed by atoms with E-state index in [1.54, 1.807) is 6.07 Å². The molecule has 0 aromatic heterocycles. The third-order valence-corrected chi connectivity index (χ3v) is 12.3. The van der Waals surface area contributed by atoms with Crippen molar-refractivity contribution in [3.63, 3.8) is 0 Å². The fourth-order valence-electron chi connectivity index (χ4n) is 9.04. The predicted octanol–water partition coefficient (Wildman–Crippen LogP) is 7.29. The van der Waals surface area contributed by atoms with Gasteiger partial charge in [-0.3, -0.25) is 9.59 Å².